The van der Waals surface area contributed by atoms with Gasteiger partial charge in [-0.3, -0.25) is 9.59 Å². The van der Waals surface area contributed by atoms with Crippen LogP contribution in [0.1, 0.15) is 54.8 Å². The van der Waals surface area contributed by atoms with Gasteiger partial charge in [0.15, 0.2) is 6.29 Å². The van der Waals surface area contributed by atoms with Gasteiger partial charge in [0.25, 0.3) is 0 Å². The van der Waals surface area contributed by atoms with Crippen LogP contribution < -0.4 is 5.32 Å². The number of hydrogen-bond donors (Lipinski definition) is 3. The van der Waals surface area contributed by atoms with Crippen molar-refractivity contribution in [3.63, 3.8) is 0 Å². The summed E-state index contributed by atoms with van der Waals surface area (Å²) in [5.74, 6) is -0.423. The van der Waals surface area contributed by atoms with Crippen molar-refractivity contribution in [3.8, 4) is 0 Å². The van der Waals surface area contributed by atoms with Crippen LogP contribution in [0.4, 0.5) is 5.69 Å². The van der Waals surface area contributed by atoms with Crippen molar-refractivity contribution in [1.82, 2.24) is 4.98 Å². The molecule has 1 aliphatic rings. The summed E-state index contributed by atoms with van der Waals surface area (Å²) in [6.45, 7) is -0.0106. The fourth-order valence-electron chi connectivity index (χ4n) is 3.98. The molecule has 0 spiro atoms. The Kier molecular flexibility index (Phi) is 9.67. The highest BCUT2D eigenvalue weighted by Gasteiger charge is 2.32. The van der Waals surface area contributed by atoms with Gasteiger partial charge in [0, 0.05) is 42.5 Å². The number of aliphatic carboxylic acids is 1. The van der Waals surface area contributed by atoms with Gasteiger partial charge in [0.2, 0.25) is 5.91 Å². The van der Waals surface area contributed by atoms with Crippen molar-refractivity contribution in [3.05, 3.63) is 89.6 Å². The lowest BCUT2D eigenvalue weighted by molar-refractivity contribution is -0.245. The molecule has 4 rings (SSSR count). The third-order valence-corrected chi connectivity index (χ3v) is 7.01. The molecule has 0 bridgehead atoms. The number of aliphatic hydroxyl groups is 1. The van der Waals surface area contributed by atoms with Gasteiger partial charge in [0.1, 0.15) is 0 Å². The molecule has 3 N–H and O–H groups in total. The van der Waals surface area contributed by atoms with Crippen molar-refractivity contribution >= 4 is 29.3 Å². The molecular formula is C28H30N2O6S. The average Bonchev–Trinajstić information content (AvgIpc) is 2.92. The number of carbonyl (C=O) groups excluding carboxylic acids is 1. The lowest BCUT2D eigenvalue weighted by Crippen LogP contribution is -2.31. The van der Waals surface area contributed by atoms with E-state index in [1.165, 1.54) is 0 Å². The molecule has 0 aliphatic carbocycles. The number of nitrogens with one attached hydrogen (secondary N) is 1. The second kappa shape index (κ2) is 13.3. The Balaban J connectivity index is 1.43. The smallest absolute Gasteiger partial charge is 0.303 e. The van der Waals surface area contributed by atoms with Gasteiger partial charge >= 0.3 is 5.97 Å². The number of ether oxygens (including phenoxy) is 2. The number of aliphatic hydroxyl groups excluding tert-OH is 1. The number of benzene rings is 2. The maximum Gasteiger partial charge on any atom is 0.303 e. The number of rotatable bonds is 11. The van der Waals surface area contributed by atoms with E-state index < -0.39 is 12.3 Å². The van der Waals surface area contributed by atoms with Gasteiger partial charge in [-0.2, -0.15) is 0 Å². The van der Waals surface area contributed by atoms with Crippen molar-refractivity contribution in [2.45, 2.75) is 55.8 Å². The van der Waals surface area contributed by atoms with Gasteiger partial charge in [0.05, 0.1) is 23.8 Å². The van der Waals surface area contributed by atoms with E-state index in [1.54, 1.807) is 30.1 Å². The fraction of sp³-hybridized carbons (Fsp3) is 0.321. The first-order chi connectivity index (χ1) is 18.0. The van der Waals surface area contributed by atoms with Crippen LogP contribution in [0.25, 0.3) is 0 Å². The number of nitrogens with zero attached hydrogens (tertiary/aromatic N) is 1. The molecule has 1 aliphatic heterocycles. The minimum atomic E-state index is -0.913. The molecule has 9 heteroatoms. The first kappa shape index (κ1) is 26.8. The quantitative estimate of drug-likeness (QED) is 0.298. The largest absolute Gasteiger partial charge is 0.481 e. The van der Waals surface area contributed by atoms with E-state index >= 15 is 0 Å². The van der Waals surface area contributed by atoms with Crippen LogP contribution in [0.3, 0.4) is 0 Å². The number of thioether (sulfide) groups is 1. The molecular weight excluding hydrogens is 492 g/mol. The van der Waals surface area contributed by atoms with Crippen molar-refractivity contribution in [2.24, 2.45) is 0 Å². The van der Waals surface area contributed by atoms with Crippen molar-refractivity contribution < 1.29 is 29.3 Å². The third-order valence-electron chi connectivity index (χ3n) is 5.93. The molecule has 1 fully saturated rings. The van der Waals surface area contributed by atoms with Gasteiger partial charge in [-0.05, 0) is 41.8 Å². The van der Waals surface area contributed by atoms with Crippen LogP contribution in [-0.2, 0) is 25.7 Å². The summed E-state index contributed by atoms with van der Waals surface area (Å²) in [7, 11) is 0. The van der Waals surface area contributed by atoms with Crippen LogP contribution in [0.15, 0.2) is 78.0 Å². The standard InChI is InChI=1S/C28H30N2O6S/c31-17-19-7-9-20(10-8-19)24-16-23(18-37-26-5-1-2-15-29-26)35-28(36-24)21-11-13-22(14-12-21)30-25(32)4-3-6-27(33)34/h1-2,5,7-15,23-24,28,31H,3-4,6,16-18H2,(H,30,32)(H,33,34). The number of pyridine rings is 1. The van der Waals surface area contributed by atoms with Crippen molar-refractivity contribution in [2.75, 3.05) is 11.1 Å². The zero-order valence-corrected chi connectivity index (χ0v) is 21.1. The highest BCUT2D eigenvalue weighted by molar-refractivity contribution is 7.99. The number of aromatic nitrogens is 1. The molecule has 0 saturated carbocycles. The summed E-state index contributed by atoms with van der Waals surface area (Å²) in [4.78, 5) is 27.1. The molecule has 37 heavy (non-hydrogen) atoms. The zero-order valence-electron chi connectivity index (χ0n) is 20.3. The highest BCUT2D eigenvalue weighted by atomic mass is 32.2. The Morgan fingerprint density at radius 2 is 1.73 bits per heavy atom. The summed E-state index contributed by atoms with van der Waals surface area (Å²) in [5, 5.41) is 21.8. The number of anilines is 1. The molecule has 0 radical (unpaired) electrons. The Labute approximate surface area is 220 Å². The highest BCUT2D eigenvalue weighted by Crippen LogP contribution is 2.39. The Bertz CT molecular complexity index is 1160. The Hall–Kier alpha value is -3.24. The van der Waals surface area contributed by atoms with Crippen LogP contribution in [0.2, 0.25) is 0 Å². The number of carbonyl (C=O) groups is 2. The molecule has 2 heterocycles. The minimum Gasteiger partial charge on any atom is -0.481 e. The second-order valence-electron chi connectivity index (χ2n) is 8.75. The topological polar surface area (TPSA) is 118 Å². The summed E-state index contributed by atoms with van der Waals surface area (Å²) < 4.78 is 12.7. The molecule has 3 aromatic rings. The number of amides is 1. The van der Waals surface area contributed by atoms with Crippen LogP contribution in [-0.4, -0.2) is 38.9 Å². The van der Waals surface area contributed by atoms with Crippen LogP contribution in [0, 0.1) is 0 Å². The van der Waals surface area contributed by atoms with E-state index in [9.17, 15) is 14.7 Å². The molecule has 3 atom stereocenters. The molecule has 1 amide bonds. The van der Waals surface area contributed by atoms with E-state index in [0.29, 0.717) is 24.3 Å². The molecule has 2 aromatic carbocycles. The van der Waals surface area contributed by atoms with Gasteiger partial charge in [-0.1, -0.05) is 42.5 Å². The number of carboxylic acids is 1. The summed E-state index contributed by atoms with van der Waals surface area (Å²) in [6, 6.07) is 20.9. The monoisotopic (exact) mass is 522 g/mol. The predicted molar refractivity (Wildman–Crippen MR) is 140 cm³/mol. The number of hydrogen-bond acceptors (Lipinski definition) is 7. The first-order valence-electron chi connectivity index (χ1n) is 12.2. The molecule has 1 aromatic heterocycles. The normalized spacial score (nSPS) is 19.3. The SMILES string of the molecule is O=C(O)CCCC(=O)Nc1ccc(C2OC(CSc3ccccn3)CC(c3ccc(CO)cc3)O2)cc1. The van der Waals surface area contributed by atoms with Crippen LogP contribution in [0.5, 0.6) is 0 Å². The molecule has 194 valence electrons. The third kappa shape index (κ3) is 8.13. The summed E-state index contributed by atoms with van der Waals surface area (Å²) in [5.41, 5.74) is 3.31. The second-order valence-corrected chi connectivity index (χ2v) is 9.79. The van der Waals surface area contributed by atoms with E-state index in [4.69, 9.17) is 14.6 Å². The predicted octanol–water partition coefficient (Wildman–Crippen LogP) is 5.11. The maximum atomic E-state index is 12.1. The summed E-state index contributed by atoms with van der Waals surface area (Å²) >= 11 is 1.64. The zero-order chi connectivity index (χ0) is 26.0. The van der Waals surface area contributed by atoms with E-state index in [2.05, 4.69) is 10.3 Å². The van der Waals surface area contributed by atoms with Gasteiger partial charge in [-0.15, -0.1) is 11.8 Å². The van der Waals surface area contributed by atoms with E-state index in [-0.39, 0.29) is 37.6 Å². The molecule has 8 nitrogen and oxygen atoms in total. The van der Waals surface area contributed by atoms with Gasteiger partial charge < -0.3 is 25.0 Å². The number of carboxylic acid groups (broad SMARTS) is 1. The lowest BCUT2D eigenvalue weighted by Gasteiger charge is -2.36. The first-order valence-corrected chi connectivity index (χ1v) is 13.1. The average molecular weight is 523 g/mol. The molecule has 1 saturated heterocycles. The molecule has 3 unspecified atom stereocenters. The maximum absolute atomic E-state index is 12.1. The van der Waals surface area contributed by atoms with Crippen molar-refractivity contribution in [1.29, 1.82) is 0 Å². The van der Waals surface area contributed by atoms with E-state index in [0.717, 1.165) is 21.7 Å². The Morgan fingerprint density at radius 3 is 2.41 bits per heavy atom. The summed E-state index contributed by atoms with van der Waals surface area (Å²) in [6.07, 6.45) is 2.00. The van der Waals surface area contributed by atoms with Gasteiger partial charge in [-0.25, -0.2) is 4.98 Å². The lowest BCUT2D eigenvalue weighted by atomic mass is 10.0. The fourth-order valence-corrected chi connectivity index (χ4v) is 4.86. The minimum absolute atomic E-state index is 0.0106. The Morgan fingerprint density at radius 1 is 0.973 bits per heavy atom. The van der Waals surface area contributed by atoms with E-state index in [1.807, 2.05) is 54.6 Å². The van der Waals surface area contributed by atoms with Crippen LogP contribution >= 0.6 is 11.8 Å².